The topological polar surface area (TPSA) is 80.1 Å². The summed E-state index contributed by atoms with van der Waals surface area (Å²) in [6.07, 6.45) is 2.23. The summed E-state index contributed by atoms with van der Waals surface area (Å²) in [5.41, 5.74) is 2.38. The molecule has 0 saturated heterocycles. The molecule has 1 aromatic rings. The fourth-order valence-corrected chi connectivity index (χ4v) is 8.33. The molecule has 0 bridgehead atoms. The lowest BCUT2D eigenvalue weighted by atomic mass is 9.91. The molecule has 1 heterocycles. The Hall–Kier alpha value is -2.18. The van der Waals surface area contributed by atoms with Gasteiger partial charge in [0.25, 0.3) is 0 Å². The van der Waals surface area contributed by atoms with Crippen LogP contribution >= 0.6 is 0 Å². The second kappa shape index (κ2) is 9.36. The molecule has 1 spiro atoms. The molecular formula is C26H38FN3O3SSi. The largest absolute Gasteiger partial charge is 0.444 e. The van der Waals surface area contributed by atoms with Gasteiger partial charge in [0.1, 0.15) is 35.6 Å². The molecule has 1 amide bonds. The van der Waals surface area contributed by atoms with Crippen LogP contribution in [0.3, 0.4) is 0 Å². The molecule has 9 heteroatoms. The van der Waals surface area contributed by atoms with Crippen LogP contribution in [0.1, 0.15) is 64.5 Å². The number of alkyl carbamates (subject to hydrolysis) is 1. The highest BCUT2D eigenvalue weighted by Gasteiger charge is 2.55. The van der Waals surface area contributed by atoms with Crippen LogP contribution in [-0.2, 0) is 20.0 Å². The molecule has 1 saturated carbocycles. The zero-order valence-electron chi connectivity index (χ0n) is 22.2. The van der Waals surface area contributed by atoms with Gasteiger partial charge < -0.3 is 4.74 Å². The lowest BCUT2D eigenvalue weighted by molar-refractivity contribution is 0.0560. The molecule has 6 nitrogen and oxygen atoms in total. The van der Waals surface area contributed by atoms with E-state index in [9.17, 15) is 9.00 Å². The third-order valence-electron chi connectivity index (χ3n) is 6.33. The Bertz CT molecular complexity index is 1220. The zero-order chi connectivity index (χ0) is 26.3. The quantitative estimate of drug-likeness (QED) is 0.386. The second-order valence-corrected chi connectivity index (χ2v) is 19.2. The van der Waals surface area contributed by atoms with Gasteiger partial charge in [-0.1, -0.05) is 38.4 Å². The molecule has 1 aliphatic heterocycles. The zero-order valence-corrected chi connectivity index (χ0v) is 24.0. The minimum absolute atomic E-state index is 0.0673. The molecule has 192 valence electrons. The number of aliphatic imine (C=N–C) groups is 1. The first-order chi connectivity index (χ1) is 16.0. The summed E-state index contributed by atoms with van der Waals surface area (Å²) in [4.78, 5) is 17.7. The number of benzene rings is 1. The number of hydrogen-bond donors (Lipinski definition) is 1. The van der Waals surface area contributed by atoms with Crippen molar-refractivity contribution in [3.05, 3.63) is 35.1 Å². The summed E-state index contributed by atoms with van der Waals surface area (Å²) in [5, 5.41) is 2.81. The SMILES string of the molecule is CN=[S@]1(=O)C[C@@](C)(c2cc(C#C[Si](C)(C)C)ccc2F)N=C(NC(=O)OC(C)(C)C)C12CCCC2. The van der Waals surface area contributed by atoms with E-state index in [1.165, 1.54) is 6.07 Å². The van der Waals surface area contributed by atoms with Gasteiger partial charge in [0.2, 0.25) is 0 Å². The van der Waals surface area contributed by atoms with Crippen molar-refractivity contribution in [2.45, 2.75) is 88.9 Å². The van der Waals surface area contributed by atoms with E-state index in [0.29, 0.717) is 24.0 Å². The number of rotatable bonds is 1. The molecule has 35 heavy (non-hydrogen) atoms. The van der Waals surface area contributed by atoms with Crippen LogP contribution in [0.25, 0.3) is 0 Å². The smallest absolute Gasteiger partial charge is 0.413 e. The molecule has 2 aliphatic rings. The second-order valence-electron chi connectivity index (χ2n) is 11.7. The van der Waals surface area contributed by atoms with E-state index < -0.39 is 45.6 Å². The Labute approximate surface area is 210 Å². The van der Waals surface area contributed by atoms with Gasteiger partial charge >= 0.3 is 6.09 Å². The van der Waals surface area contributed by atoms with Crippen molar-refractivity contribution in [2.24, 2.45) is 9.36 Å². The first-order valence-corrected chi connectivity index (χ1v) is 17.3. The van der Waals surface area contributed by atoms with Gasteiger partial charge in [0.05, 0.1) is 15.5 Å². The number of amidine groups is 1. The Morgan fingerprint density at radius 2 is 1.89 bits per heavy atom. The average Bonchev–Trinajstić information content (AvgIpc) is 3.21. The number of nitrogens with zero attached hydrogens (tertiary/aromatic N) is 2. The van der Waals surface area contributed by atoms with Gasteiger partial charge in [-0.3, -0.25) is 10.3 Å². The van der Waals surface area contributed by atoms with Gasteiger partial charge in [-0.05, 0) is 58.7 Å². The lowest BCUT2D eigenvalue weighted by Gasteiger charge is -2.43. The van der Waals surface area contributed by atoms with E-state index in [4.69, 9.17) is 9.73 Å². The first kappa shape index (κ1) is 27.4. The molecule has 0 unspecified atom stereocenters. The Balaban J connectivity index is 2.18. The van der Waals surface area contributed by atoms with Crippen molar-refractivity contribution in [1.29, 1.82) is 0 Å². The van der Waals surface area contributed by atoms with Crippen LogP contribution in [-0.4, -0.2) is 47.4 Å². The fourth-order valence-electron chi connectivity index (χ4n) is 4.75. The lowest BCUT2D eigenvalue weighted by Crippen LogP contribution is -2.59. The Morgan fingerprint density at radius 1 is 1.26 bits per heavy atom. The number of carbonyl (C=O) groups excluding carboxylic acids is 1. The standard InChI is InChI=1S/C26H38FN3O3SSi/c1-24(2,3)33-23(31)29-22-26(14-9-10-15-26)34(32,28-5)18-25(4,30-22)20-17-19(11-12-21(20)27)13-16-35(6,7)8/h11-12,17H,9-10,14-15,18H2,1-8H3,(H,29,30,31)/t25-,34-/m0/s1. The number of hydrogen-bond acceptors (Lipinski definition) is 5. The minimum atomic E-state index is -2.90. The van der Waals surface area contributed by atoms with Crippen LogP contribution in [0.5, 0.6) is 0 Å². The summed E-state index contributed by atoms with van der Waals surface area (Å²) in [6, 6.07) is 4.73. The average molecular weight is 520 g/mol. The molecule has 1 aromatic carbocycles. The van der Waals surface area contributed by atoms with Crippen molar-refractivity contribution in [3.63, 3.8) is 0 Å². The summed E-state index contributed by atoms with van der Waals surface area (Å²) in [5.74, 6) is 3.07. The summed E-state index contributed by atoms with van der Waals surface area (Å²) < 4.78 is 38.7. The van der Waals surface area contributed by atoms with Crippen LogP contribution in [0.2, 0.25) is 19.6 Å². The van der Waals surface area contributed by atoms with Crippen LogP contribution in [0.15, 0.2) is 27.6 Å². The van der Waals surface area contributed by atoms with Crippen molar-refractivity contribution in [1.82, 2.24) is 5.32 Å². The fraction of sp³-hybridized carbons (Fsp3) is 0.615. The maximum atomic E-state index is 15.3. The molecular weight excluding hydrogens is 481 g/mol. The Kier molecular flexibility index (Phi) is 7.33. The normalized spacial score (nSPS) is 25.9. The molecule has 1 aliphatic carbocycles. The number of ether oxygens (including phenoxy) is 1. The van der Waals surface area contributed by atoms with Gasteiger partial charge in [-0.15, -0.1) is 5.54 Å². The van der Waals surface area contributed by atoms with Gasteiger partial charge in [0, 0.05) is 18.2 Å². The highest BCUT2D eigenvalue weighted by molar-refractivity contribution is 7.95. The van der Waals surface area contributed by atoms with Crippen molar-refractivity contribution in [3.8, 4) is 11.5 Å². The number of halogens is 1. The van der Waals surface area contributed by atoms with E-state index in [2.05, 4.69) is 40.8 Å². The van der Waals surface area contributed by atoms with Crippen LogP contribution in [0.4, 0.5) is 9.18 Å². The molecule has 0 aromatic heterocycles. The van der Waals surface area contributed by atoms with Gasteiger partial charge in [-0.2, -0.15) is 0 Å². The van der Waals surface area contributed by atoms with E-state index >= 15 is 4.39 Å². The minimum Gasteiger partial charge on any atom is -0.444 e. The first-order valence-electron chi connectivity index (χ1n) is 12.1. The summed E-state index contributed by atoms with van der Waals surface area (Å²) in [6.45, 7) is 13.5. The third kappa shape index (κ3) is 5.80. The highest BCUT2D eigenvalue weighted by atomic mass is 32.2. The maximum Gasteiger partial charge on any atom is 0.413 e. The highest BCUT2D eigenvalue weighted by Crippen LogP contribution is 2.47. The van der Waals surface area contributed by atoms with E-state index in [0.717, 1.165) is 12.8 Å². The number of nitrogens with one attached hydrogen (secondary N) is 1. The van der Waals surface area contributed by atoms with Gasteiger partial charge in [-0.25, -0.2) is 17.8 Å². The van der Waals surface area contributed by atoms with Crippen LogP contribution < -0.4 is 5.32 Å². The molecule has 0 radical (unpaired) electrons. The monoisotopic (exact) mass is 519 g/mol. The maximum absolute atomic E-state index is 15.3. The molecule has 2 atom stereocenters. The van der Waals surface area contributed by atoms with Gasteiger partial charge in [0.15, 0.2) is 0 Å². The van der Waals surface area contributed by atoms with E-state index in [1.807, 2.05) is 0 Å². The van der Waals surface area contributed by atoms with Crippen LogP contribution in [0, 0.1) is 17.3 Å². The predicted octanol–water partition coefficient (Wildman–Crippen LogP) is 5.62. The number of carbonyl (C=O) groups is 1. The number of amides is 1. The molecule has 3 rings (SSSR count). The van der Waals surface area contributed by atoms with Crippen molar-refractivity contribution < 1.29 is 18.1 Å². The van der Waals surface area contributed by atoms with E-state index in [-0.39, 0.29) is 11.6 Å². The van der Waals surface area contributed by atoms with Crippen molar-refractivity contribution in [2.75, 3.05) is 12.8 Å². The predicted molar refractivity (Wildman–Crippen MR) is 143 cm³/mol. The summed E-state index contributed by atoms with van der Waals surface area (Å²) in [7, 11) is -2.99. The Morgan fingerprint density at radius 3 is 2.43 bits per heavy atom. The molecule has 1 N–H and O–H groups in total. The van der Waals surface area contributed by atoms with Crippen molar-refractivity contribution >= 4 is 29.7 Å². The molecule has 1 fully saturated rings. The summed E-state index contributed by atoms with van der Waals surface area (Å²) >= 11 is 0. The third-order valence-corrected chi connectivity index (χ3v) is 10.6. The van der Waals surface area contributed by atoms with E-state index in [1.54, 1.807) is 46.9 Å².